The van der Waals surface area contributed by atoms with Gasteiger partial charge in [0.25, 0.3) is 0 Å². The number of nitrogens with zero attached hydrogens (tertiary/aromatic N) is 1. The quantitative estimate of drug-likeness (QED) is 0.733. The average Bonchev–Trinajstić information content (AvgIpc) is 2.70. The summed E-state index contributed by atoms with van der Waals surface area (Å²) in [7, 11) is 0. The lowest BCUT2D eigenvalue weighted by Gasteiger charge is -2.22. The summed E-state index contributed by atoms with van der Waals surface area (Å²) in [5.74, 6) is -0.703. The van der Waals surface area contributed by atoms with Crippen LogP contribution in [0.25, 0.3) is 17.2 Å². The number of amides is 1. The van der Waals surface area contributed by atoms with Gasteiger partial charge in [-0.05, 0) is 35.4 Å². The number of halogens is 3. The lowest BCUT2D eigenvalue weighted by Crippen LogP contribution is -2.21. The van der Waals surface area contributed by atoms with Crippen molar-refractivity contribution in [1.29, 1.82) is 5.26 Å². The van der Waals surface area contributed by atoms with E-state index in [-0.39, 0.29) is 18.2 Å². The van der Waals surface area contributed by atoms with E-state index < -0.39 is 6.36 Å². The Balaban J connectivity index is 2.06. The number of nitriles is 1. The number of rotatable bonds is 5. The van der Waals surface area contributed by atoms with Gasteiger partial charge >= 0.3 is 6.36 Å². The maximum absolute atomic E-state index is 12.4. The Morgan fingerprint density at radius 3 is 2.69 bits per heavy atom. The largest absolute Gasteiger partial charge is 0.573 e. The van der Waals surface area contributed by atoms with Gasteiger partial charge < -0.3 is 15.4 Å². The molecule has 0 saturated heterocycles. The molecule has 0 radical (unpaired) electrons. The third kappa shape index (κ3) is 4.58. The Morgan fingerprint density at radius 1 is 1.34 bits per heavy atom. The first-order chi connectivity index (χ1) is 13.8. The number of hydrogen-bond donors (Lipinski definition) is 2. The summed E-state index contributed by atoms with van der Waals surface area (Å²) < 4.78 is 41.1. The number of anilines is 1. The van der Waals surface area contributed by atoms with Gasteiger partial charge in [0.1, 0.15) is 11.8 Å². The van der Waals surface area contributed by atoms with Gasteiger partial charge in [-0.25, -0.2) is 0 Å². The van der Waals surface area contributed by atoms with E-state index in [0.717, 1.165) is 6.08 Å². The molecule has 148 valence electrons. The molecular formula is C21H16F3N3O2. The molecule has 0 atom stereocenters. The van der Waals surface area contributed by atoms with Crippen LogP contribution in [0.4, 0.5) is 18.9 Å². The van der Waals surface area contributed by atoms with Crippen LogP contribution in [0.15, 0.2) is 49.1 Å². The van der Waals surface area contributed by atoms with Crippen molar-refractivity contribution in [3.63, 3.8) is 0 Å². The van der Waals surface area contributed by atoms with E-state index in [4.69, 9.17) is 0 Å². The normalized spacial score (nSPS) is 12.3. The Morgan fingerprint density at radius 2 is 2.07 bits per heavy atom. The third-order valence-corrected chi connectivity index (χ3v) is 4.28. The molecule has 0 spiro atoms. The molecule has 5 nitrogen and oxygen atoms in total. The highest BCUT2D eigenvalue weighted by atomic mass is 19.4. The number of ether oxygens (including phenoxy) is 1. The average molecular weight is 399 g/mol. The molecule has 8 heteroatoms. The zero-order chi connectivity index (χ0) is 21.0. The second-order valence-electron chi connectivity index (χ2n) is 6.14. The molecule has 0 bridgehead atoms. The SMILES string of the molecule is C=CC(=O)NCc1cc(-c2ccc(OC(F)(F)F)cc2)c2c(c1C#N)C=CCN2. The number of benzene rings is 2. The van der Waals surface area contributed by atoms with Crippen LogP contribution in [0.5, 0.6) is 5.75 Å². The van der Waals surface area contributed by atoms with E-state index in [2.05, 4.69) is 28.0 Å². The van der Waals surface area contributed by atoms with E-state index in [1.165, 1.54) is 24.3 Å². The Hall–Kier alpha value is -3.73. The molecule has 29 heavy (non-hydrogen) atoms. The fraction of sp³-hybridized carbons (Fsp3) is 0.143. The standard InChI is InChI=1S/C21H16F3N3O2/c1-2-19(28)27-12-14-10-17(20-16(18(14)11-25)4-3-9-26-20)13-5-7-15(8-6-13)29-21(22,23)24/h2-8,10,26H,1,9,12H2,(H,27,28). The van der Waals surface area contributed by atoms with Gasteiger partial charge in [-0.2, -0.15) is 5.26 Å². The molecule has 0 saturated carbocycles. The minimum atomic E-state index is -4.77. The molecule has 0 unspecified atom stereocenters. The summed E-state index contributed by atoms with van der Waals surface area (Å²) in [5, 5.41) is 15.5. The van der Waals surface area contributed by atoms with Crippen molar-refractivity contribution in [2.75, 3.05) is 11.9 Å². The molecule has 1 aliphatic rings. The number of nitrogens with one attached hydrogen (secondary N) is 2. The van der Waals surface area contributed by atoms with Gasteiger partial charge in [-0.1, -0.05) is 30.9 Å². The van der Waals surface area contributed by atoms with E-state index in [0.29, 0.717) is 40.0 Å². The molecule has 0 fully saturated rings. The summed E-state index contributed by atoms with van der Waals surface area (Å²) in [5.41, 5.74) is 3.69. The first kappa shape index (κ1) is 20.0. The van der Waals surface area contributed by atoms with Crippen LogP contribution in [0, 0.1) is 11.3 Å². The van der Waals surface area contributed by atoms with Crippen molar-refractivity contribution in [3.8, 4) is 22.9 Å². The molecular weight excluding hydrogens is 383 g/mol. The van der Waals surface area contributed by atoms with Crippen LogP contribution < -0.4 is 15.4 Å². The Labute approximate surface area is 165 Å². The van der Waals surface area contributed by atoms with Crippen LogP contribution in [-0.2, 0) is 11.3 Å². The van der Waals surface area contributed by atoms with Crippen LogP contribution >= 0.6 is 0 Å². The second kappa shape index (κ2) is 8.10. The van der Waals surface area contributed by atoms with Crippen molar-refractivity contribution in [1.82, 2.24) is 5.32 Å². The van der Waals surface area contributed by atoms with Crippen LogP contribution in [0.1, 0.15) is 16.7 Å². The summed E-state index contributed by atoms with van der Waals surface area (Å²) >= 11 is 0. The molecule has 2 aromatic carbocycles. The molecule has 0 aromatic heterocycles. The number of hydrogen-bond acceptors (Lipinski definition) is 4. The minimum Gasteiger partial charge on any atom is -0.406 e. The van der Waals surface area contributed by atoms with Gasteiger partial charge in [-0.3, -0.25) is 4.79 Å². The summed E-state index contributed by atoms with van der Waals surface area (Å²) in [6, 6.07) is 9.38. The Kier molecular flexibility index (Phi) is 5.59. The Bertz CT molecular complexity index is 1020. The fourth-order valence-electron chi connectivity index (χ4n) is 3.05. The van der Waals surface area contributed by atoms with E-state index >= 15 is 0 Å². The zero-order valence-electron chi connectivity index (χ0n) is 15.1. The topological polar surface area (TPSA) is 74.1 Å². The van der Waals surface area contributed by atoms with E-state index in [9.17, 15) is 23.2 Å². The second-order valence-corrected chi connectivity index (χ2v) is 6.14. The summed E-state index contributed by atoms with van der Waals surface area (Å²) in [4.78, 5) is 11.5. The van der Waals surface area contributed by atoms with E-state index in [1.807, 2.05) is 12.2 Å². The number of alkyl halides is 3. The van der Waals surface area contributed by atoms with Gasteiger partial charge in [0.15, 0.2) is 0 Å². The molecule has 1 amide bonds. The molecule has 2 aromatic rings. The van der Waals surface area contributed by atoms with Crippen LogP contribution in [0.3, 0.4) is 0 Å². The molecule has 2 N–H and O–H groups in total. The first-order valence-electron chi connectivity index (χ1n) is 8.59. The van der Waals surface area contributed by atoms with Crippen molar-refractivity contribution < 1.29 is 22.7 Å². The highest BCUT2D eigenvalue weighted by Crippen LogP contribution is 2.38. The van der Waals surface area contributed by atoms with Gasteiger partial charge in [0.05, 0.1) is 11.3 Å². The van der Waals surface area contributed by atoms with Crippen molar-refractivity contribution in [2.45, 2.75) is 12.9 Å². The maximum Gasteiger partial charge on any atom is 0.573 e. The van der Waals surface area contributed by atoms with Gasteiger partial charge in [-0.15, -0.1) is 13.2 Å². The molecule has 1 heterocycles. The number of carbonyl (C=O) groups is 1. The number of fused-ring (bicyclic) bond motifs is 1. The maximum atomic E-state index is 12.4. The minimum absolute atomic E-state index is 0.108. The molecule has 0 aliphatic carbocycles. The van der Waals surface area contributed by atoms with E-state index in [1.54, 1.807) is 6.07 Å². The lowest BCUT2D eigenvalue weighted by molar-refractivity contribution is -0.274. The smallest absolute Gasteiger partial charge is 0.406 e. The predicted octanol–water partition coefficient (Wildman–Crippen LogP) is 4.36. The highest BCUT2D eigenvalue weighted by Gasteiger charge is 2.31. The van der Waals surface area contributed by atoms with Crippen molar-refractivity contribution in [3.05, 3.63) is 65.8 Å². The van der Waals surface area contributed by atoms with Gasteiger partial charge in [0, 0.05) is 24.2 Å². The predicted molar refractivity (Wildman–Crippen MR) is 103 cm³/mol. The highest BCUT2D eigenvalue weighted by molar-refractivity contribution is 5.90. The molecule has 1 aliphatic heterocycles. The zero-order valence-corrected chi connectivity index (χ0v) is 15.1. The lowest BCUT2D eigenvalue weighted by atomic mass is 9.90. The van der Waals surface area contributed by atoms with Crippen molar-refractivity contribution >= 4 is 17.7 Å². The van der Waals surface area contributed by atoms with Crippen LogP contribution in [0.2, 0.25) is 0 Å². The van der Waals surface area contributed by atoms with Crippen molar-refractivity contribution in [2.24, 2.45) is 0 Å². The third-order valence-electron chi connectivity index (χ3n) is 4.28. The number of carbonyl (C=O) groups excluding carboxylic acids is 1. The van der Waals surface area contributed by atoms with Crippen LogP contribution in [-0.4, -0.2) is 18.8 Å². The van der Waals surface area contributed by atoms with Gasteiger partial charge in [0.2, 0.25) is 5.91 Å². The fourth-order valence-corrected chi connectivity index (χ4v) is 3.05. The molecule has 3 rings (SSSR count). The monoisotopic (exact) mass is 399 g/mol. The summed E-state index contributed by atoms with van der Waals surface area (Å²) in [6.45, 7) is 4.05. The summed E-state index contributed by atoms with van der Waals surface area (Å²) in [6.07, 6.45) is 0.0391. The first-order valence-corrected chi connectivity index (χ1v) is 8.59.